The van der Waals surface area contributed by atoms with Gasteiger partial charge in [-0.25, -0.2) is 0 Å². The molecule has 0 amide bonds. The number of nitrogens with one attached hydrogen (secondary N) is 1. The Morgan fingerprint density at radius 1 is 1.47 bits per heavy atom. The van der Waals surface area contributed by atoms with E-state index in [1.165, 1.54) is 0 Å². The summed E-state index contributed by atoms with van der Waals surface area (Å²) in [6, 6.07) is 5.89. The average molecular weight is 280 g/mol. The number of methoxy groups -OCH3 is 1. The van der Waals surface area contributed by atoms with E-state index in [0.717, 1.165) is 16.8 Å². The third kappa shape index (κ3) is 2.39. The Labute approximate surface area is 116 Å². The molecule has 19 heavy (non-hydrogen) atoms. The highest BCUT2D eigenvalue weighted by Gasteiger charge is 2.17. The Balaban J connectivity index is 1.98. The minimum Gasteiger partial charge on any atom is -0.494 e. The van der Waals surface area contributed by atoms with Gasteiger partial charge in [-0.15, -0.1) is 0 Å². The number of aromatic amines is 1. The molecule has 0 saturated carbocycles. The van der Waals surface area contributed by atoms with Gasteiger partial charge in [0.25, 0.3) is 0 Å². The molecular formula is C13H16N2O3S. The van der Waals surface area contributed by atoms with Crippen molar-refractivity contribution in [3.05, 3.63) is 23.0 Å². The van der Waals surface area contributed by atoms with E-state index < -0.39 is 0 Å². The van der Waals surface area contributed by atoms with Crippen LogP contribution < -0.4 is 4.74 Å². The first-order chi connectivity index (χ1) is 9.29. The number of benzene rings is 1. The van der Waals surface area contributed by atoms with Gasteiger partial charge >= 0.3 is 0 Å². The maximum atomic E-state index is 5.67. The Bertz CT molecular complexity index is 628. The number of imidazole rings is 1. The molecule has 1 fully saturated rings. The molecule has 102 valence electrons. The van der Waals surface area contributed by atoms with Gasteiger partial charge < -0.3 is 23.8 Å². The summed E-state index contributed by atoms with van der Waals surface area (Å²) in [7, 11) is 1.65. The topological polar surface area (TPSA) is 48.4 Å². The van der Waals surface area contributed by atoms with E-state index >= 15 is 0 Å². The summed E-state index contributed by atoms with van der Waals surface area (Å²) in [6.07, 6.45) is 0.0469. The number of para-hydroxylation sites is 1. The zero-order chi connectivity index (χ0) is 13.2. The van der Waals surface area contributed by atoms with Crippen LogP contribution >= 0.6 is 12.2 Å². The first-order valence-corrected chi connectivity index (χ1v) is 6.65. The first kappa shape index (κ1) is 12.7. The number of hydrogen-bond donors (Lipinski definition) is 1. The molecule has 0 spiro atoms. The molecule has 3 rings (SSSR count). The smallest absolute Gasteiger partial charge is 0.178 e. The third-order valence-electron chi connectivity index (χ3n) is 3.26. The van der Waals surface area contributed by atoms with E-state index in [2.05, 4.69) is 4.98 Å². The molecule has 2 heterocycles. The van der Waals surface area contributed by atoms with Crippen LogP contribution in [-0.4, -0.2) is 42.6 Å². The van der Waals surface area contributed by atoms with Gasteiger partial charge in [-0.1, -0.05) is 6.07 Å². The molecule has 1 saturated heterocycles. The molecule has 1 unspecified atom stereocenters. The number of nitrogens with zero attached hydrogens (tertiary/aromatic N) is 1. The van der Waals surface area contributed by atoms with Crippen LogP contribution in [0.5, 0.6) is 5.75 Å². The van der Waals surface area contributed by atoms with Gasteiger partial charge in [-0.05, 0) is 24.4 Å². The van der Waals surface area contributed by atoms with Crippen molar-refractivity contribution in [2.75, 3.05) is 26.9 Å². The summed E-state index contributed by atoms with van der Waals surface area (Å²) in [5.41, 5.74) is 1.95. The predicted molar refractivity (Wildman–Crippen MR) is 74.2 cm³/mol. The molecule has 5 nitrogen and oxygen atoms in total. The second-order valence-electron chi connectivity index (χ2n) is 4.46. The highest BCUT2D eigenvalue weighted by molar-refractivity contribution is 7.71. The molecule has 1 aromatic carbocycles. The highest BCUT2D eigenvalue weighted by atomic mass is 32.1. The lowest BCUT2D eigenvalue weighted by Crippen LogP contribution is -2.32. The Morgan fingerprint density at radius 2 is 2.37 bits per heavy atom. The monoisotopic (exact) mass is 280 g/mol. The molecule has 0 aliphatic carbocycles. The summed E-state index contributed by atoms with van der Waals surface area (Å²) < 4.78 is 19.1. The second-order valence-corrected chi connectivity index (χ2v) is 4.85. The van der Waals surface area contributed by atoms with Crippen LogP contribution in [-0.2, 0) is 16.0 Å². The second kappa shape index (κ2) is 5.32. The van der Waals surface area contributed by atoms with Crippen LogP contribution in [0.4, 0.5) is 0 Å². The van der Waals surface area contributed by atoms with Gasteiger partial charge in [0.05, 0.1) is 45.1 Å². The van der Waals surface area contributed by atoms with E-state index in [0.29, 0.717) is 31.1 Å². The molecular weight excluding hydrogens is 264 g/mol. The fourth-order valence-electron chi connectivity index (χ4n) is 2.35. The zero-order valence-electron chi connectivity index (χ0n) is 10.7. The molecule has 2 aromatic rings. The van der Waals surface area contributed by atoms with Crippen LogP contribution in [0.2, 0.25) is 0 Å². The van der Waals surface area contributed by atoms with Gasteiger partial charge in [-0.2, -0.15) is 0 Å². The highest BCUT2D eigenvalue weighted by Crippen LogP contribution is 2.25. The zero-order valence-corrected chi connectivity index (χ0v) is 11.5. The standard InChI is InChI=1S/C13H16N2O3S/c1-16-11-4-2-3-10-12(11)14-13(19)15(10)7-9-8-17-5-6-18-9/h2-4,9H,5-8H2,1H3,(H,14,19). The van der Waals surface area contributed by atoms with Crippen molar-refractivity contribution < 1.29 is 14.2 Å². The quantitative estimate of drug-likeness (QED) is 0.875. The Kier molecular flexibility index (Phi) is 3.54. The number of H-pyrrole nitrogens is 1. The number of rotatable bonds is 3. The van der Waals surface area contributed by atoms with Crippen molar-refractivity contribution in [2.45, 2.75) is 12.6 Å². The molecule has 1 atom stereocenters. The summed E-state index contributed by atoms with van der Waals surface area (Å²) in [5.74, 6) is 0.795. The van der Waals surface area contributed by atoms with Crippen LogP contribution in [0, 0.1) is 4.77 Å². The summed E-state index contributed by atoms with van der Waals surface area (Å²) in [4.78, 5) is 3.19. The van der Waals surface area contributed by atoms with Crippen molar-refractivity contribution >= 4 is 23.3 Å². The van der Waals surface area contributed by atoms with Crippen molar-refractivity contribution in [2.24, 2.45) is 0 Å². The fourth-order valence-corrected chi connectivity index (χ4v) is 2.63. The molecule has 1 N–H and O–H groups in total. The van der Waals surface area contributed by atoms with E-state index in [1.54, 1.807) is 7.11 Å². The molecule has 1 aromatic heterocycles. The number of fused-ring (bicyclic) bond motifs is 1. The predicted octanol–water partition coefficient (Wildman–Crippen LogP) is 2.12. The van der Waals surface area contributed by atoms with Gasteiger partial charge in [-0.3, -0.25) is 0 Å². The first-order valence-electron chi connectivity index (χ1n) is 6.24. The van der Waals surface area contributed by atoms with Crippen molar-refractivity contribution in [1.29, 1.82) is 0 Å². The van der Waals surface area contributed by atoms with E-state index in [9.17, 15) is 0 Å². The van der Waals surface area contributed by atoms with E-state index in [-0.39, 0.29) is 6.10 Å². The lowest BCUT2D eigenvalue weighted by Gasteiger charge is -2.23. The normalized spacial score (nSPS) is 19.7. The molecule has 0 radical (unpaired) electrons. The van der Waals surface area contributed by atoms with Crippen LogP contribution in [0.25, 0.3) is 11.0 Å². The van der Waals surface area contributed by atoms with E-state index in [4.69, 9.17) is 26.4 Å². The molecule has 1 aliphatic heterocycles. The number of ether oxygens (including phenoxy) is 3. The fraction of sp³-hybridized carbons (Fsp3) is 0.462. The minimum atomic E-state index is 0.0469. The van der Waals surface area contributed by atoms with Gasteiger partial charge in [0, 0.05) is 0 Å². The Morgan fingerprint density at radius 3 is 3.11 bits per heavy atom. The van der Waals surface area contributed by atoms with Gasteiger partial charge in [0.15, 0.2) is 4.77 Å². The maximum Gasteiger partial charge on any atom is 0.178 e. The van der Waals surface area contributed by atoms with Crippen LogP contribution in [0.15, 0.2) is 18.2 Å². The molecule has 6 heteroatoms. The van der Waals surface area contributed by atoms with Gasteiger partial charge in [0.1, 0.15) is 11.3 Å². The van der Waals surface area contributed by atoms with Crippen molar-refractivity contribution in [3.8, 4) is 5.75 Å². The van der Waals surface area contributed by atoms with Crippen molar-refractivity contribution in [1.82, 2.24) is 9.55 Å². The van der Waals surface area contributed by atoms with Crippen LogP contribution in [0.3, 0.4) is 0 Å². The Hall–Kier alpha value is -1.37. The summed E-state index contributed by atoms with van der Waals surface area (Å²) in [5, 5.41) is 0. The largest absolute Gasteiger partial charge is 0.494 e. The number of hydrogen-bond acceptors (Lipinski definition) is 4. The summed E-state index contributed by atoms with van der Waals surface area (Å²) >= 11 is 5.38. The lowest BCUT2D eigenvalue weighted by atomic mass is 10.2. The average Bonchev–Trinajstić information content (AvgIpc) is 2.76. The minimum absolute atomic E-state index is 0.0469. The number of aromatic nitrogens is 2. The molecule has 1 aliphatic rings. The SMILES string of the molecule is COc1cccc2c1[nH]c(=S)n2CC1COCCO1. The third-order valence-corrected chi connectivity index (χ3v) is 3.59. The van der Waals surface area contributed by atoms with Crippen LogP contribution in [0.1, 0.15) is 0 Å². The summed E-state index contributed by atoms with van der Waals surface area (Å²) in [6.45, 7) is 2.61. The maximum absolute atomic E-state index is 5.67. The lowest BCUT2D eigenvalue weighted by molar-refractivity contribution is -0.0933. The van der Waals surface area contributed by atoms with Crippen molar-refractivity contribution in [3.63, 3.8) is 0 Å². The molecule has 0 bridgehead atoms. The van der Waals surface area contributed by atoms with Gasteiger partial charge in [0.2, 0.25) is 0 Å². The van der Waals surface area contributed by atoms with E-state index in [1.807, 2.05) is 22.8 Å².